The Morgan fingerprint density at radius 1 is 0.971 bits per heavy atom. The Labute approximate surface area is 201 Å². The van der Waals surface area contributed by atoms with Gasteiger partial charge < -0.3 is 10.6 Å². The van der Waals surface area contributed by atoms with E-state index in [0.29, 0.717) is 37.6 Å². The molecular formula is C26H25FN6O2. The van der Waals surface area contributed by atoms with Crippen molar-refractivity contribution in [2.45, 2.75) is 13.0 Å². The summed E-state index contributed by atoms with van der Waals surface area (Å²) in [6.07, 6.45) is 2.23. The van der Waals surface area contributed by atoms with Crippen LogP contribution in [0.4, 0.5) is 4.39 Å². The van der Waals surface area contributed by atoms with Gasteiger partial charge in [0.25, 0.3) is 11.8 Å². The van der Waals surface area contributed by atoms with Gasteiger partial charge in [-0.2, -0.15) is 0 Å². The second-order valence-electron chi connectivity index (χ2n) is 8.59. The van der Waals surface area contributed by atoms with Gasteiger partial charge in [0, 0.05) is 38.3 Å². The Morgan fingerprint density at radius 3 is 2.49 bits per heavy atom. The van der Waals surface area contributed by atoms with E-state index in [-0.39, 0.29) is 23.1 Å². The number of benzene rings is 2. The van der Waals surface area contributed by atoms with Gasteiger partial charge in [0.2, 0.25) is 0 Å². The predicted octanol–water partition coefficient (Wildman–Crippen LogP) is 2.98. The molecule has 0 bridgehead atoms. The molecule has 2 N–H and O–H groups in total. The predicted molar refractivity (Wildman–Crippen MR) is 129 cm³/mol. The van der Waals surface area contributed by atoms with Crippen molar-refractivity contribution in [3.8, 4) is 11.3 Å². The summed E-state index contributed by atoms with van der Waals surface area (Å²) in [5.74, 6) is -1.11. The minimum absolute atomic E-state index is 0.0261. The van der Waals surface area contributed by atoms with Crippen LogP contribution in [0.5, 0.6) is 0 Å². The van der Waals surface area contributed by atoms with Crippen LogP contribution in [0, 0.1) is 5.82 Å². The number of carbonyl (C=O) groups excluding carboxylic acids is 2. The van der Waals surface area contributed by atoms with E-state index in [2.05, 4.69) is 14.9 Å². The molecule has 1 saturated heterocycles. The summed E-state index contributed by atoms with van der Waals surface area (Å²) < 4.78 is 14.8. The third-order valence-electron chi connectivity index (χ3n) is 6.22. The maximum Gasteiger partial charge on any atom is 0.271 e. The molecule has 4 aromatic rings. The first-order valence-corrected chi connectivity index (χ1v) is 11.5. The fourth-order valence-electron chi connectivity index (χ4n) is 4.41. The molecule has 0 saturated carbocycles. The maximum absolute atomic E-state index is 13.7. The summed E-state index contributed by atoms with van der Waals surface area (Å²) >= 11 is 0. The Hall–Kier alpha value is -4.11. The van der Waals surface area contributed by atoms with Crippen LogP contribution in [0.15, 0.2) is 67.0 Å². The zero-order valence-electron chi connectivity index (χ0n) is 19.1. The highest BCUT2D eigenvalue weighted by molar-refractivity contribution is 5.99. The molecule has 1 aliphatic heterocycles. The monoisotopic (exact) mass is 472 g/mol. The van der Waals surface area contributed by atoms with Gasteiger partial charge in [0.05, 0.1) is 5.69 Å². The molecule has 0 atom stereocenters. The molecule has 9 heteroatoms. The summed E-state index contributed by atoms with van der Waals surface area (Å²) in [5.41, 5.74) is 8.60. The quantitative estimate of drug-likeness (QED) is 0.482. The highest BCUT2D eigenvalue weighted by Crippen LogP contribution is 2.23. The molecule has 2 aromatic carbocycles. The lowest BCUT2D eigenvalue weighted by Gasteiger charge is -2.22. The van der Waals surface area contributed by atoms with Crippen molar-refractivity contribution in [2.75, 3.05) is 26.2 Å². The number of nitrogens with zero attached hydrogens (tertiary/aromatic N) is 5. The summed E-state index contributed by atoms with van der Waals surface area (Å²) in [6.45, 7) is 3.37. The van der Waals surface area contributed by atoms with Crippen molar-refractivity contribution in [3.63, 3.8) is 0 Å². The normalized spacial score (nSPS) is 14.7. The largest absolute Gasteiger partial charge is 0.364 e. The first-order chi connectivity index (χ1) is 17.0. The molecule has 8 nitrogen and oxygen atoms in total. The Kier molecular flexibility index (Phi) is 6.24. The molecule has 0 radical (unpaired) electrons. The Morgan fingerprint density at radius 2 is 1.74 bits per heavy atom. The summed E-state index contributed by atoms with van der Waals surface area (Å²) in [7, 11) is 0. The third-order valence-corrected chi connectivity index (χ3v) is 6.22. The average molecular weight is 473 g/mol. The number of hydrogen-bond acceptors (Lipinski definition) is 5. The molecule has 0 unspecified atom stereocenters. The topological polar surface area (TPSA) is 96.8 Å². The van der Waals surface area contributed by atoms with Crippen LogP contribution < -0.4 is 5.73 Å². The van der Waals surface area contributed by atoms with Gasteiger partial charge in [-0.15, -0.1) is 0 Å². The summed E-state index contributed by atoms with van der Waals surface area (Å²) in [6, 6.07) is 17.7. The second-order valence-corrected chi connectivity index (χ2v) is 8.59. The van der Waals surface area contributed by atoms with Crippen LogP contribution in [-0.4, -0.2) is 62.2 Å². The fraction of sp³-hybridized carbons (Fsp3) is 0.231. The van der Waals surface area contributed by atoms with Gasteiger partial charge in [-0.05, 0) is 30.2 Å². The molecule has 0 spiro atoms. The minimum atomic E-state index is -0.699. The SMILES string of the molecule is NC(=O)c1ncn2c(C(=O)N3CCCN(Cc4ccc(F)cc4)CC3)cc(-c3ccccc3)nc12. The van der Waals surface area contributed by atoms with Crippen molar-refractivity contribution in [1.29, 1.82) is 0 Å². The van der Waals surface area contributed by atoms with Crippen molar-refractivity contribution in [3.05, 3.63) is 89.8 Å². The first kappa shape index (κ1) is 22.7. The molecule has 2 amide bonds. The number of aromatic nitrogens is 3. The zero-order chi connectivity index (χ0) is 24.4. The van der Waals surface area contributed by atoms with E-state index in [1.807, 2.05) is 35.2 Å². The van der Waals surface area contributed by atoms with Gasteiger partial charge in [-0.25, -0.2) is 14.4 Å². The molecule has 178 valence electrons. The standard InChI is InChI=1S/C26H25FN6O2/c27-20-9-7-18(8-10-20)16-31-11-4-12-32(14-13-31)26(35)22-15-21(19-5-2-1-3-6-19)30-25-23(24(28)34)29-17-33(22)25/h1-3,5-10,15,17H,4,11-14,16H2,(H2,28,34). The number of imidazole rings is 1. The lowest BCUT2D eigenvalue weighted by atomic mass is 10.1. The van der Waals surface area contributed by atoms with Crippen LogP contribution in [0.2, 0.25) is 0 Å². The molecule has 35 heavy (non-hydrogen) atoms. The summed E-state index contributed by atoms with van der Waals surface area (Å²) in [4.78, 5) is 38.4. The fourth-order valence-corrected chi connectivity index (χ4v) is 4.41. The van der Waals surface area contributed by atoms with E-state index in [1.54, 1.807) is 18.2 Å². The smallest absolute Gasteiger partial charge is 0.271 e. The van der Waals surface area contributed by atoms with E-state index >= 15 is 0 Å². The van der Waals surface area contributed by atoms with E-state index in [1.165, 1.54) is 22.9 Å². The number of amides is 2. The number of hydrogen-bond donors (Lipinski definition) is 1. The lowest BCUT2D eigenvalue weighted by Crippen LogP contribution is -2.36. The van der Waals surface area contributed by atoms with Crippen molar-refractivity contribution < 1.29 is 14.0 Å². The molecule has 1 aliphatic rings. The zero-order valence-corrected chi connectivity index (χ0v) is 19.1. The number of fused-ring (bicyclic) bond motifs is 1. The third kappa shape index (κ3) is 4.76. The Balaban J connectivity index is 1.43. The van der Waals surface area contributed by atoms with E-state index in [9.17, 15) is 14.0 Å². The number of primary amides is 1. The second kappa shape index (κ2) is 9.63. The van der Waals surface area contributed by atoms with Gasteiger partial charge in [0.15, 0.2) is 11.3 Å². The van der Waals surface area contributed by atoms with Gasteiger partial charge in [-0.1, -0.05) is 42.5 Å². The van der Waals surface area contributed by atoms with E-state index in [4.69, 9.17) is 5.73 Å². The summed E-state index contributed by atoms with van der Waals surface area (Å²) in [5, 5.41) is 0. The van der Waals surface area contributed by atoms with E-state index < -0.39 is 5.91 Å². The first-order valence-electron chi connectivity index (χ1n) is 11.5. The molecular weight excluding hydrogens is 447 g/mol. The highest BCUT2D eigenvalue weighted by atomic mass is 19.1. The van der Waals surface area contributed by atoms with Crippen LogP contribution >= 0.6 is 0 Å². The lowest BCUT2D eigenvalue weighted by molar-refractivity contribution is 0.0753. The van der Waals surface area contributed by atoms with Crippen LogP contribution in [0.3, 0.4) is 0 Å². The number of nitrogens with two attached hydrogens (primary N) is 1. The average Bonchev–Trinajstić information content (AvgIpc) is 3.17. The Bertz CT molecular complexity index is 1370. The van der Waals surface area contributed by atoms with Crippen molar-refractivity contribution in [1.82, 2.24) is 24.2 Å². The van der Waals surface area contributed by atoms with Crippen molar-refractivity contribution in [2.24, 2.45) is 5.73 Å². The van der Waals surface area contributed by atoms with Crippen LogP contribution in [-0.2, 0) is 6.54 Å². The van der Waals surface area contributed by atoms with Crippen molar-refractivity contribution >= 4 is 17.5 Å². The van der Waals surface area contributed by atoms with Crippen LogP contribution in [0.25, 0.3) is 16.9 Å². The molecule has 0 aliphatic carbocycles. The number of rotatable bonds is 5. The molecule has 2 aromatic heterocycles. The molecule has 1 fully saturated rings. The maximum atomic E-state index is 13.7. The number of carbonyl (C=O) groups is 2. The van der Waals surface area contributed by atoms with Gasteiger partial charge in [-0.3, -0.25) is 18.9 Å². The van der Waals surface area contributed by atoms with Gasteiger partial charge in [0.1, 0.15) is 17.8 Å². The highest BCUT2D eigenvalue weighted by Gasteiger charge is 2.25. The van der Waals surface area contributed by atoms with Gasteiger partial charge >= 0.3 is 0 Å². The van der Waals surface area contributed by atoms with E-state index in [0.717, 1.165) is 24.1 Å². The number of halogens is 1. The van der Waals surface area contributed by atoms with Crippen LogP contribution in [0.1, 0.15) is 33.0 Å². The minimum Gasteiger partial charge on any atom is -0.364 e. The molecule has 3 heterocycles. The molecule has 5 rings (SSSR count).